The monoisotopic (exact) mass is 393 g/mol. The molecule has 1 unspecified atom stereocenters. The van der Waals surface area contributed by atoms with Crippen LogP contribution in [0.3, 0.4) is 0 Å². The second-order valence-corrected chi connectivity index (χ2v) is 7.40. The van der Waals surface area contributed by atoms with E-state index >= 15 is 0 Å². The lowest BCUT2D eigenvalue weighted by Gasteiger charge is -2.26. The van der Waals surface area contributed by atoms with Gasteiger partial charge in [-0.05, 0) is 50.5 Å². The fourth-order valence-electron chi connectivity index (χ4n) is 3.83. The minimum atomic E-state index is -0.330. The summed E-state index contributed by atoms with van der Waals surface area (Å²) in [6.07, 6.45) is 7.19. The maximum absolute atomic E-state index is 13.8. The van der Waals surface area contributed by atoms with Gasteiger partial charge in [0.2, 0.25) is 0 Å². The zero-order valence-corrected chi connectivity index (χ0v) is 16.6. The van der Waals surface area contributed by atoms with Crippen LogP contribution in [0.25, 0.3) is 0 Å². The van der Waals surface area contributed by atoms with E-state index in [1.165, 1.54) is 6.07 Å². The molecule has 1 N–H and O–H groups in total. The fourth-order valence-corrected chi connectivity index (χ4v) is 3.83. The molecular weight excluding hydrogens is 369 g/mol. The van der Waals surface area contributed by atoms with Crippen molar-refractivity contribution in [3.63, 3.8) is 0 Å². The Morgan fingerprint density at radius 3 is 2.90 bits per heavy atom. The van der Waals surface area contributed by atoms with Gasteiger partial charge in [0.05, 0.1) is 12.6 Å². The average Bonchev–Trinajstić information content (AvgIpc) is 3.33. The number of carbonyl (C=O) groups excluding carboxylic acids is 1. The summed E-state index contributed by atoms with van der Waals surface area (Å²) in [7, 11) is 0. The highest BCUT2D eigenvalue weighted by atomic mass is 19.1. The summed E-state index contributed by atoms with van der Waals surface area (Å²) in [4.78, 5) is 23.6. The lowest BCUT2D eigenvalue weighted by Crippen LogP contribution is -2.35. The molecule has 1 aliphatic rings. The van der Waals surface area contributed by atoms with Crippen molar-refractivity contribution < 1.29 is 9.18 Å². The van der Waals surface area contributed by atoms with E-state index in [4.69, 9.17) is 0 Å². The Bertz CT molecular complexity index is 1020. The lowest BCUT2D eigenvalue weighted by molar-refractivity contribution is 0.204. The van der Waals surface area contributed by atoms with Crippen molar-refractivity contribution in [2.24, 2.45) is 0 Å². The molecule has 3 aromatic rings. The van der Waals surface area contributed by atoms with Crippen LogP contribution >= 0.6 is 0 Å². The Hall–Kier alpha value is -3.22. The van der Waals surface area contributed by atoms with Crippen LogP contribution in [0.15, 0.2) is 48.9 Å². The van der Waals surface area contributed by atoms with Crippen molar-refractivity contribution in [1.82, 2.24) is 19.4 Å². The first-order valence-electron chi connectivity index (χ1n) is 9.78. The summed E-state index contributed by atoms with van der Waals surface area (Å²) >= 11 is 0. The minimum Gasteiger partial charge on any atom is -0.326 e. The smallest absolute Gasteiger partial charge is 0.322 e. The molecule has 1 atom stereocenters. The van der Waals surface area contributed by atoms with Crippen LogP contribution in [0.2, 0.25) is 0 Å². The molecule has 2 aromatic heterocycles. The second kappa shape index (κ2) is 8.03. The van der Waals surface area contributed by atoms with Gasteiger partial charge in [0.15, 0.2) is 0 Å². The molecule has 150 valence electrons. The number of pyridine rings is 1. The number of likely N-dealkylation sites (tertiary alicyclic amines) is 1. The fraction of sp³-hybridized carbons (Fsp3) is 0.318. The number of rotatable bonds is 4. The van der Waals surface area contributed by atoms with Crippen molar-refractivity contribution in [1.29, 1.82) is 0 Å². The normalized spacial score (nSPS) is 16.2. The zero-order valence-electron chi connectivity index (χ0n) is 16.6. The SMILES string of the molecule is Cc1c(F)cccc1NC(=O)N1CCCC1c1ncc(C)n1Cc1cccnc1. The molecule has 4 rings (SSSR count). The van der Waals surface area contributed by atoms with E-state index in [0.717, 1.165) is 29.9 Å². The van der Waals surface area contributed by atoms with Crippen molar-refractivity contribution in [3.8, 4) is 0 Å². The summed E-state index contributed by atoms with van der Waals surface area (Å²) in [5.41, 5.74) is 3.05. The number of hydrogen-bond donors (Lipinski definition) is 1. The maximum Gasteiger partial charge on any atom is 0.322 e. The van der Waals surface area contributed by atoms with Crippen molar-refractivity contribution in [2.75, 3.05) is 11.9 Å². The lowest BCUT2D eigenvalue weighted by atomic mass is 10.2. The molecule has 7 heteroatoms. The van der Waals surface area contributed by atoms with E-state index in [2.05, 4.69) is 19.9 Å². The van der Waals surface area contributed by atoms with Gasteiger partial charge in [-0.2, -0.15) is 0 Å². The predicted octanol–water partition coefficient (Wildman–Crippen LogP) is 4.45. The molecule has 0 saturated carbocycles. The van der Waals surface area contributed by atoms with E-state index in [1.807, 2.05) is 31.5 Å². The number of aromatic nitrogens is 3. The van der Waals surface area contributed by atoms with Gasteiger partial charge >= 0.3 is 6.03 Å². The molecule has 1 aliphatic heterocycles. The molecule has 2 amide bonds. The number of benzene rings is 1. The van der Waals surface area contributed by atoms with Gasteiger partial charge in [-0.25, -0.2) is 14.2 Å². The van der Waals surface area contributed by atoms with Crippen molar-refractivity contribution in [3.05, 3.63) is 77.4 Å². The molecule has 6 nitrogen and oxygen atoms in total. The summed E-state index contributed by atoms with van der Waals surface area (Å²) in [5, 5.41) is 2.87. The average molecular weight is 393 g/mol. The van der Waals surface area contributed by atoms with Crippen LogP contribution in [-0.2, 0) is 6.54 Å². The Morgan fingerprint density at radius 2 is 2.10 bits per heavy atom. The molecular formula is C22H24FN5O. The summed E-state index contributed by atoms with van der Waals surface area (Å²) < 4.78 is 16.0. The second-order valence-electron chi connectivity index (χ2n) is 7.40. The largest absolute Gasteiger partial charge is 0.326 e. The van der Waals surface area contributed by atoms with Crippen molar-refractivity contribution >= 4 is 11.7 Å². The third kappa shape index (κ3) is 3.85. The van der Waals surface area contributed by atoms with E-state index in [-0.39, 0.29) is 17.9 Å². The van der Waals surface area contributed by atoms with Crippen LogP contribution in [0.1, 0.15) is 41.5 Å². The van der Waals surface area contributed by atoms with Crippen LogP contribution in [0.5, 0.6) is 0 Å². The quantitative estimate of drug-likeness (QED) is 0.712. The van der Waals surface area contributed by atoms with Crippen LogP contribution in [0.4, 0.5) is 14.9 Å². The highest BCUT2D eigenvalue weighted by molar-refractivity contribution is 5.90. The Labute approximate surface area is 169 Å². The number of nitrogens with zero attached hydrogens (tertiary/aromatic N) is 4. The number of nitrogens with one attached hydrogen (secondary N) is 1. The first-order chi connectivity index (χ1) is 14.0. The van der Waals surface area contributed by atoms with Gasteiger partial charge < -0.3 is 14.8 Å². The molecule has 1 saturated heterocycles. The van der Waals surface area contributed by atoms with Crippen LogP contribution < -0.4 is 5.32 Å². The van der Waals surface area contributed by atoms with E-state index < -0.39 is 0 Å². The topological polar surface area (TPSA) is 63.1 Å². The number of anilines is 1. The highest BCUT2D eigenvalue weighted by Gasteiger charge is 2.33. The predicted molar refractivity (Wildman–Crippen MR) is 109 cm³/mol. The zero-order chi connectivity index (χ0) is 20.4. The van der Waals surface area contributed by atoms with Crippen molar-refractivity contribution in [2.45, 2.75) is 39.3 Å². The first kappa shape index (κ1) is 19.1. The van der Waals surface area contributed by atoms with Gasteiger partial charge in [-0.1, -0.05) is 12.1 Å². The first-order valence-corrected chi connectivity index (χ1v) is 9.78. The molecule has 0 spiro atoms. The summed E-state index contributed by atoms with van der Waals surface area (Å²) in [6.45, 7) is 4.98. The Kier molecular flexibility index (Phi) is 5.29. The number of halogens is 1. The van der Waals surface area contributed by atoms with Gasteiger partial charge in [0, 0.05) is 42.1 Å². The molecule has 3 heterocycles. The summed E-state index contributed by atoms with van der Waals surface area (Å²) in [5.74, 6) is 0.540. The molecule has 0 aliphatic carbocycles. The van der Waals surface area contributed by atoms with Gasteiger partial charge in [-0.15, -0.1) is 0 Å². The number of imidazole rings is 1. The van der Waals surface area contributed by atoms with Crippen LogP contribution in [-0.4, -0.2) is 32.0 Å². The molecule has 0 bridgehead atoms. The minimum absolute atomic E-state index is 0.116. The van der Waals surface area contributed by atoms with Crippen LogP contribution in [0, 0.1) is 19.7 Å². The Morgan fingerprint density at radius 1 is 1.24 bits per heavy atom. The van der Waals surface area contributed by atoms with Gasteiger partial charge in [-0.3, -0.25) is 4.98 Å². The molecule has 1 aromatic carbocycles. The molecule has 29 heavy (non-hydrogen) atoms. The number of urea groups is 1. The Balaban J connectivity index is 1.57. The third-order valence-electron chi connectivity index (χ3n) is 5.47. The van der Waals surface area contributed by atoms with E-state index in [9.17, 15) is 9.18 Å². The van der Waals surface area contributed by atoms with Gasteiger partial charge in [0.1, 0.15) is 11.6 Å². The van der Waals surface area contributed by atoms with E-state index in [0.29, 0.717) is 24.3 Å². The maximum atomic E-state index is 13.8. The molecule has 1 fully saturated rings. The highest BCUT2D eigenvalue weighted by Crippen LogP contribution is 2.33. The summed E-state index contributed by atoms with van der Waals surface area (Å²) in [6, 6.07) is 8.31. The number of hydrogen-bond acceptors (Lipinski definition) is 3. The molecule has 0 radical (unpaired) electrons. The number of aryl methyl sites for hydroxylation is 1. The van der Waals surface area contributed by atoms with Gasteiger partial charge in [0.25, 0.3) is 0 Å². The number of carbonyl (C=O) groups is 1. The standard InChI is InChI=1S/C22H24FN5O/c1-15-12-25-21(28(15)14-17-6-4-10-24-13-17)20-9-5-11-27(20)22(29)26-19-8-3-7-18(23)16(19)2/h3-4,6-8,10,12-13,20H,5,9,11,14H2,1-2H3,(H,26,29). The number of amides is 2. The third-order valence-corrected chi connectivity index (χ3v) is 5.47. The van der Waals surface area contributed by atoms with E-state index in [1.54, 1.807) is 30.2 Å².